The highest BCUT2D eigenvalue weighted by molar-refractivity contribution is 5.83. The van der Waals surface area contributed by atoms with Crippen LogP contribution in [0.15, 0.2) is 54.6 Å². The molecule has 0 aliphatic heterocycles. The van der Waals surface area contributed by atoms with Crippen molar-refractivity contribution in [3.63, 3.8) is 0 Å². The van der Waals surface area contributed by atoms with E-state index < -0.39 is 0 Å². The molecule has 0 saturated heterocycles. The van der Waals surface area contributed by atoms with Gasteiger partial charge in [0.15, 0.2) is 0 Å². The predicted molar refractivity (Wildman–Crippen MR) is 77.9 cm³/mol. The first kappa shape index (κ1) is 13.8. The van der Waals surface area contributed by atoms with Crippen molar-refractivity contribution in [3.05, 3.63) is 71.3 Å². The molecule has 0 heterocycles. The van der Waals surface area contributed by atoms with Gasteiger partial charge in [-0.2, -0.15) is 5.26 Å². The van der Waals surface area contributed by atoms with Gasteiger partial charge in [0.25, 0.3) is 0 Å². The maximum atomic E-state index is 12.1. The van der Waals surface area contributed by atoms with Crippen LogP contribution in [0.25, 0.3) is 0 Å². The second-order valence-corrected chi connectivity index (χ2v) is 4.66. The number of hydrogen-bond donors (Lipinski definition) is 1. The van der Waals surface area contributed by atoms with Crippen LogP contribution < -0.4 is 5.32 Å². The molecule has 2 aromatic rings. The van der Waals surface area contributed by atoms with Gasteiger partial charge < -0.3 is 5.32 Å². The molecule has 1 atom stereocenters. The Bertz CT molecular complexity index is 629. The van der Waals surface area contributed by atoms with Crippen LogP contribution in [-0.2, 0) is 11.3 Å². The van der Waals surface area contributed by atoms with Gasteiger partial charge in [0.1, 0.15) is 0 Å². The van der Waals surface area contributed by atoms with Crippen LogP contribution in [0.1, 0.15) is 29.5 Å². The van der Waals surface area contributed by atoms with Crippen molar-refractivity contribution in [2.75, 3.05) is 0 Å². The van der Waals surface area contributed by atoms with Crippen LogP contribution >= 0.6 is 0 Å². The number of hydrogen-bond acceptors (Lipinski definition) is 2. The van der Waals surface area contributed by atoms with E-state index in [-0.39, 0.29) is 11.8 Å². The lowest BCUT2D eigenvalue weighted by molar-refractivity contribution is -0.122. The smallest absolute Gasteiger partial charge is 0.227 e. The molecule has 0 saturated carbocycles. The summed E-state index contributed by atoms with van der Waals surface area (Å²) in [6.45, 7) is 2.32. The summed E-state index contributed by atoms with van der Waals surface area (Å²) in [6, 6.07) is 19.0. The lowest BCUT2D eigenvalue weighted by atomic mass is 10.0. The molecule has 0 aromatic heterocycles. The van der Waals surface area contributed by atoms with E-state index in [1.165, 1.54) is 0 Å². The van der Waals surface area contributed by atoms with Crippen molar-refractivity contribution in [3.8, 4) is 6.07 Å². The summed E-state index contributed by atoms with van der Waals surface area (Å²) >= 11 is 0. The summed E-state index contributed by atoms with van der Waals surface area (Å²) in [5.74, 6) is -0.200. The minimum absolute atomic E-state index is 0.0152. The molecular formula is C17H16N2O. The summed E-state index contributed by atoms with van der Waals surface area (Å²) in [4.78, 5) is 12.1. The first-order valence-corrected chi connectivity index (χ1v) is 6.52. The van der Waals surface area contributed by atoms with E-state index in [0.29, 0.717) is 12.1 Å². The molecule has 3 nitrogen and oxygen atoms in total. The minimum Gasteiger partial charge on any atom is -0.352 e. The standard InChI is InChI=1S/C17H16N2O/c1-13(16-8-3-2-4-9-16)17(20)19-12-15-7-5-6-14(10-15)11-18/h2-10,13H,12H2,1H3,(H,19,20). The topological polar surface area (TPSA) is 52.9 Å². The maximum Gasteiger partial charge on any atom is 0.227 e. The van der Waals surface area contributed by atoms with Crippen LogP contribution in [0.5, 0.6) is 0 Å². The van der Waals surface area contributed by atoms with Crippen LogP contribution in [-0.4, -0.2) is 5.91 Å². The lowest BCUT2D eigenvalue weighted by Crippen LogP contribution is -2.27. The Labute approximate surface area is 118 Å². The van der Waals surface area contributed by atoms with Gasteiger partial charge in [0.05, 0.1) is 17.6 Å². The van der Waals surface area contributed by atoms with Crippen LogP contribution in [0.4, 0.5) is 0 Å². The third-order valence-electron chi connectivity index (χ3n) is 3.22. The zero-order valence-corrected chi connectivity index (χ0v) is 11.3. The minimum atomic E-state index is -0.185. The number of rotatable bonds is 4. The molecule has 0 spiro atoms. The maximum absolute atomic E-state index is 12.1. The molecule has 1 amide bonds. The van der Waals surface area contributed by atoms with Crippen molar-refractivity contribution in [2.24, 2.45) is 0 Å². The molecule has 0 bridgehead atoms. The average Bonchev–Trinajstić information content (AvgIpc) is 2.53. The molecule has 3 heteroatoms. The molecule has 0 aliphatic rings. The largest absolute Gasteiger partial charge is 0.352 e. The summed E-state index contributed by atoms with van der Waals surface area (Å²) in [5.41, 5.74) is 2.53. The highest BCUT2D eigenvalue weighted by atomic mass is 16.1. The zero-order valence-electron chi connectivity index (χ0n) is 11.3. The van der Waals surface area contributed by atoms with Crippen molar-refractivity contribution < 1.29 is 4.79 Å². The number of nitrogens with zero attached hydrogens (tertiary/aromatic N) is 1. The molecule has 0 aliphatic carbocycles. The Morgan fingerprint density at radius 2 is 1.95 bits per heavy atom. The number of nitriles is 1. The van der Waals surface area contributed by atoms with Gasteiger partial charge in [0.2, 0.25) is 5.91 Å². The van der Waals surface area contributed by atoms with Gasteiger partial charge in [-0.15, -0.1) is 0 Å². The van der Waals surface area contributed by atoms with Crippen molar-refractivity contribution in [1.29, 1.82) is 5.26 Å². The van der Waals surface area contributed by atoms with Crippen LogP contribution in [0, 0.1) is 11.3 Å². The van der Waals surface area contributed by atoms with E-state index in [1.54, 1.807) is 12.1 Å². The normalized spacial score (nSPS) is 11.4. The predicted octanol–water partition coefficient (Wildman–Crippen LogP) is 2.98. The summed E-state index contributed by atoms with van der Waals surface area (Å²) < 4.78 is 0. The summed E-state index contributed by atoms with van der Waals surface area (Å²) in [7, 11) is 0. The lowest BCUT2D eigenvalue weighted by Gasteiger charge is -2.12. The highest BCUT2D eigenvalue weighted by Gasteiger charge is 2.14. The van der Waals surface area contributed by atoms with Gasteiger partial charge in [-0.05, 0) is 30.2 Å². The van der Waals surface area contributed by atoms with Crippen molar-refractivity contribution in [1.82, 2.24) is 5.32 Å². The van der Waals surface area contributed by atoms with E-state index in [0.717, 1.165) is 11.1 Å². The van der Waals surface area contributed by atoms with Gasteiger partial charge in [-0.3, -0.25) is 4.79 Å². The van der Waals surface area contributed by atoms with Gasteiger partial charge in [-0.25, -0.2) is 0 Å². The Kier molecular flexibility index (Phi) is 4.52. The van der Waals surface area contributed by atoms with E-state index in [4.69, 9.17) is 5.26 Å². The Balaban J connectivity index is 1.97. The number of carbonyl (C=O) groups is 1. The van der Waals surface area contributed by atoms with E-state index >= 15 is 0 Å². The summed E-state index contributed by atoms with van der Waals surface area (Å²) in [5, 5.41) is 11.7. The van der Waals surface area contributed by atoms with E-state index in [2.05, 4.69) is 11.4 Å². The van der Waals surface area contributed by atoms with Gasteiger partial charge >= 0.3 is 0 Å². The van der Waals surface area contributed by atoms with Crippen LogP contribution in [0.3, 0.4) is 0 Å². The third kappa shape index (κ3) is 3.46. The van der Waals surface area contributed by atoms with Gasteiger partial charge in [0, 0.05) is 6.54 Å². The Morgan fingerprint density at radius 3 is 2.65 bits per heavy atom. The van der Waals surface area contributed by atoms with Crippen molar-refractivity contribution in [2.45, 2.75) is 19.4 Å². The number of nitrogens with one attached hydrogen (secondary N) is 1. The van der Waals surface area contributed by atoms with E-state index in [9.17, 15) is 4.79 Å². The molecule has 0 radical (unpaired) electrons. The quantitative estimate of drug-likeness (QED) is 0.923. The molecule has 20 heavy (non-hydrogen) atoms. The molecule has 2 aromatic carbocycles. The fourth-order valence-electron chi connectivity index (χ4n) is 1.99. The first-order valence-electron chi connectivity index (χ1n) is 6.52. The Morgan fingerprint density at radius 1 is 1.20 bits per heavy atom. The number of carbonyl (C=O) groups excluding carboxylic acids is 1. The molecule has 0 fully saturated rings. The third-order valence-corrected chi connectivity index (χ3v) is 3.22. The second-order valence-electron chi connectivity index (χ2n) is 4.66. The monoisotopic (exact) mass is 264 g/mol. The number of benzene rings is 2. The molecule has 100 valence electrons. The number of amides is 1. The first-order chi connectivity index (χ1) is 9.70. The highest BCUT2D eigenvalue weighted by Crippen LogP contribution is 2.14. The zero-order chi connectivity index (χ0) is 14.4. The van der Waals surface area contributed by atoms with Crippen molar-refractivity contribution >= 4 is 5.91 Å². The SMILES string of the molecule is CC(C(=O)NCc1cccc(C#N)c1)c1ccccc1. The molecule has 1 unspecified atom stereocenters. The fraction of sp³-hybridized carbons (Fsp3) is 0.176. The fourth-order valence-corrected chi connectivity index (χ4v) is 1.99. The summed E-state index contributed by atoms with van der Waals surface area (Å²) in [6.07, 6.45) is 0. The Hall–Kier alpha value is -2.60. The molecular weight excluding hydrogens is 248 g/mol. The van der Waals surface area contributed by atoms with E-state index in [1.807, 2.05) is 49.4 Å². The molecule has 1 N–H and O–H groups in total. The second kappa shape index (κ2) is 6.53. The average molecular weight is 264 g/mol. The molecule has 2 rings (SSSR count). The van der Waals surface area contributed by atoms with Crippen LogP contribution in [0.2, 0.25) is 0 Å². The van der Waals surface area contributed by atoms with Gasteiger partial charge in [-0.1, -0.05) is 42.5 Å².